The summed E-state index contributed by atoms with van der Waals surface area (Å²) in [5.41, 5.74) is -0.441. The molecule has 10 heavy (non-hydrogen) atoms. The molecule has 0 bridgehead atoms. The van der Waals surface area contributed by atoms with Gasteiger partial charge in [0.2, 0.25) is 0 Å². The van der Waals surface area contributed by atoms with Crippen LogP contribution in [0.3, 0.4) is 0 Å². The summed E-state index contributed by atoms with van der Waals surface area (Å²) in [6.45, 7) is 8.06. The second-order valence-corrected chi connectivity index (χ2v) is 3.76. The minimum Gasteiger partial charge on any atom is -0.396 e. The Kier molecular flexibility index (Phi) is 2.86. The largest absolute Gasteiger partial charge is 0.396 e. The van der Waals surface area contributed by atoms with Crippen molar-refractivity contribution in [2.24, 2.45) is 5.41 Å². The van der Waals surface area contributed by atoms with Crippen molar-refractivity contribution < 1.29 is 9.84 Å². The highest BCUT2D eigenvalue weighted by Gasteiger charge is 2.36. The van der Waals surface area contributed by atoms with Gasteiger partial charge in [0.15, 0.2) is 0 Å². The minimum absolute atomic E-state index is 0.147. The van der Waals surface area contributed by atoms with Crippen molar-refractivity contribution in [2.45, 2.75) is 33.3 Å². The van der Waals surface area contributed by atoms with Crippen molar-refractivity contribution in [3.63, 3.8) is 0 Å². The van der Waals surface area contributed by atoms with Gasteiger partial charge in [-0.1, -0.05) is 13.8 Å². The van der Waals surface area contributed by atoms with E-state index in [1.54, 1.807) is 7.11 Å². The number of aliphatic hydroxyl groups is 1. The molecule has 0 radical (unpaired) electrons. The smallest absolute Gasteiger partial charge is 0.0695 e. The van der Waals surface area contributed by atoms with E-state index in [4.69, 9.17) is 9.84 Å². The molecule has 0 aromatic heterocycles. The Hall–Kier alpha value is -0.0800. The molecular weight excluding hydrogens is 128 g/mol. The first-order valence-corrected chi connectivity index (χ1v) is 3.53. The summed E-state index contributed by atoms with van der Waals surface area (Å²) < 4.78 is 5.23. The van der Waals surface area contributed by atoms with Crippen LogP contribution in [0.15, 0.2) is 0 Å². The van der Waals surface area contributed by atoms with Crippen molar-refractivity contribution in [3.05, 3.63) is 0 Å². The Balaban J connectivity index is 4.28. The lowest BCUT2D eigenvalue weighted by Crippen LogP contribution is -2.43. The van der Waals surface area contributed by atoms with E-state index in [1.165, 1.54) is 0 Å². The van der Waals surface area contributed by atoms with Gasteiger partial charge in [0.05, 0.1) is 12.2 Å². The highest BCUT2D eigenvalue weighted by molar-refractivity contribution is 4.86. The predicted molar refractivity (Wildman–Crippen MR) is 42.0 cm³/mol. The maximum atomic E-state index is 8.98. The summed E-state index contributed by atoms with van der Waals surface area (Å²) in [6.07, 6.45) is 0. The molecular formula is C8H18O2. The maximum Gasteiger partial charge on any atom is 0.0695 e. The van der Waals surface area contributed by atoms with Crippen molar-refractivity contribution in [3.8, 4) is 0 Å². The molecule has 0 heterocycles. The minimum atomic E-state index is -0.262. The van der Waals surface area contributed by atoms with Gasteiger partial charge in [-0.05, 0) is 13.8 Å². The van der Waals surface area contributed by atoms with Crippen LogP contribution in [0.1, 0.15) is 27.7 Å². The first-order valence-electron chi connectivity index (χ1n) is 3.53. The number of aliphatic hydroxyl groups excluding tert-OH is 1. The Labute approximate surface area is 63.2 Å². The van der Waals surface area contributed by atoms with Crippen LogP contribution in [0.4, 0.5) is 0 Å². The van der Waals surface area contributed by atoms with Crippen LogP contribution in [0, 0.1) is 5.41 Å². The molecule has 0 saturated carbocycles. The first-order chi connectivity index (χ1) is 4.37. The van der Waals surface area contributed by atoms with E-state index in [0.29, 0.717) is 0 Å². The number of hydrogen-bond acceptors (Lipinski definition) is 2. The van der Waals surface area contributed by atoms with Gasteiger partial charge >= 0.3 is 0 Å². The van der Waals surface area contributed by atoms with Gasteiger partial charge in [-0.15, -0.1) is 0 Å². The molecule has 62 valence electrons. The van der Waals surface area contributed by atoms with Gasteiger partial charge in [-0.25, -0.2) is 0 Å². The van der Waals surface area contributed by atoms with Crippen molar-refractivity contribution in [1.29, 1.82) is 0 Å². The molecule has 0 aliphatic heterocycles. The van der Waals surface area contributed by atoms with Crippen LogP contribution in [-0.4, -0.2) is 24.4 Å². The average Bonchev–Trinajstić information content (AvgIpc) is 1.88. The average molecular weight is 146 g/mol. The Bertz CT molecular complexity index is 91.8. The number of rotatable bonds is 3. The SMILES string of the molecule is COC(C)(C)C(C)(C)CO. The van der Waals surface area contributed by atoms with Crippen LogP contribution < -0.4 is 0 Å². The lowest BCUT2D eigenvalue weighted by molar-refractivity contribution is -0.0916. The molecule has 0 atom stereocenters. The van der Waals surface area contributed by atoms with E-state index in [9.17, 15) is 0 Å². The molecule has 0 aromatic rings. The third kappa shape index (κ3) is 1.70. The molecule has 0 amide bonds. The van der Waals surface area contributed by atoms with Gasteiger partial charge < -0.3 is 9.84 Å². The maximum absolute atomic E-state index is 8.98. The van der Waals surface area contributed by atoms with Gasteiger partial charge in [0.25, 0.3) is 0 Å². The summed E-state index contributed by atoms with van der Waals surface area (Å²) in [7, 11) is 1.66. The molecule has 0 aliphatic rings. The second-order valence-electron chi connectivity index (χ2n) is 3.76. The Morgan fingerprint density at radius 2 is 1.60 bits per heavy atom. The normalized spacial score (nSPS) is 13.8. The lowest BCUT2D eigenvalue weighted by atomic mass is 9.78. The monoisotopic (exact) mass is 146 g/mol. The van der Waals surface area contributed by atoms with Crippen LogP contribution in [0.2, 0.25) is 0 Å². The molecule has 2 nitrogen and oxygen atoms in total. The predicted octanol–water partition coefficient (Wildman–Crippen LogP) is 1.43. The van der Waals surface area contributed by atoms with Gasteiger partial charge in [-0.3, -0.25) is 0 Å². The third-order valence-corrected chi connectivity index (χ3v) is 2.54. The standard InChI is InChI=1S/C8H18O2/c1-7(2,6-9)8(3,4)10-5/h9H,6H2,1-5H3. The fraction of sp³-hybridized carbons (Fsp3) is 1.00. The summed E-state index contributed by atoms with van der Waals surface area (Å²) in [5, 5.41) is 8.98. The van der Waals surface area contributed by atoms with E-state index in [2.05, 4.69) is 0 Å². The molecule has 1 N–H and O–H groups in total. The third-order valence-electron chi connectivity index (χ3n) is 2.54. The second kappa shape index (κ2) is 2.89. The van der Waals surface area contributed by atoms with Gasteiger partial charge in [0, 0.05) is 12.5 Å². The van der Waals surface area contributed by atoms with Crippen LogP contribution in [0.5, 0.6) is 0 Å². The van der Waals surface area contributed by atoms with E-state index < -0.39 is 0 Å². The van der Waals surface area contributed by atoms with Crippen LogP contribution in [-0.2, 0) is 4.74 Å². The molecule has 0 rings (SSSR count). The fourth-order valence-electron chi connectivity index (χ4n) is 0.467. The van der Waals surface area contributed by atoms with Crippen LogP contribution in [0.25, 0.3) is 0 Å². The Morgan fingerprint density at radius 1 is 1.20 bits per heavy atom. The van der Waals surface area contributed by atoms with E-state index >= 15 is 0 Å². The van der Waals surface area contributed by atoms with E-state index in [1.807, 2.05) is 27.7 Å². The fourth-order valence-corrected chi connectivity index (χ4v) is 0.467. The topological polar surface area (TPSA) is 29.5 Å². The lowest BCUT2D eigenvalue weighted by Gasteiger charge is -2.38. The quantitative estimate of drug-likeness (QED) is 0.652. The zero-order valence-corrected chi connectivity index (χ0v) is 7.56. The zero-order valence-electron chi connectivity index (χ0n) is 7.56. The molecule has 0 saturated heterocycles. The highest BCUT2D eigenvalue weighted by atomic mass is 16.5. The van der Waals surface area contributed by atoms with Crippen molar-refractivity contribution in [1.82, 2.24) is 0 Å². The summed E-state index contributed by atoms with van der Waals surface area (Å²) in [6, 6.07) is 0. The Morgan fingerprint density at radius 3 is 1.70 bits per heavy atom. The summed E-state index contributed by atoms with van der Waals surface area (Å²) in [4.78, 5) is 0. The van der Waals surface area contributed by atoms with Gasteiger partial charge in [-0.2, -0.15) is 0 Å². The summed E-state index contributed by atoms with van der Waals surface area (Å²) in [5.74, 6) is 0. The molecule has 0 spiro atoms. The highest BCUT2D eigenvalue weighted by Crippen LogP contribution is 2.32. The van der Waals surface area contributed by atoms with Gasteiger partial charge in [0.1, 0.15) is 0 Å². The number of hydrogen-bond donors (Lipinski definition) is 1. The zero-order chi connectivity index (χ0) is 8.41. The summed E-state index contributed by atoms with van der Waals surface area (Å²) >= 11 is 0. The van der Waals surface area contributed by atoms with E-state index in [0.717, 1.165) is 0 Å². The molecule has 0 aliphatic carbocycles. The molecule has 0 fully saturated rings. The van der Waals surface area contributed by atoms with Crippen molar-refractivity contribution >= 4 is 0 Å². The number of methoxy groups -OCH3 is 1. The molecule has 0 aromatic carbocycles. The van der Waals surface area contributed by atoms with E-state index in [-0.39, 0.29) is 17.6 Å². The van der Waals surface area contributed by atoms with Crippen LogP contribution >= 0.6 is 0 Å². The van der Waals surface area contributed by atoms with Crippen molar-refractivity contribution in [2.75, 3.05) is 13.7 Å². The first kappa shape index (κ1) is 9.92. The number of ether oxygens (including phenoxy) is 1. The molecule has 0 unspecified atom stereocenters. The molecule has 2 heteroatoms.